The summed E-state index contributed by atoms with van der Waals surface area (Å²) in [5.74, 6) is 0.945. The second-order valence-corrected chi connectivity index (χ2v) is 5.43. The van der Waals surface area contributed by atoms with Crippen molar-refractivity contribution in [1.29, 1.82) is 0 Å². The van der Waals surface area contributed by atoms with Crippen LogP contribution in [0.4, 0.5) is 5.69 Å². The van der Waals surface area contributed by atoms with Gasteiger partial charge in [0.2, 0.25) is 0 Å². The summed E-state index contributed by atoms with van der Waals surface area (Å²) in [5, 5.41) is 14.1. The number of methoxy groups -OCH3 is 1. The smallest absolute Gasteiger partial charge is 0.270 e. The molecule has 7 nitrogen and oxygen atoms in total. The maximum Gasteiger partial charge on any atom is 0.270 e. The number of hydrogen-bond donors (Lipinski definition) is 2. The number of non-ortho nitro benzene ring substituents is 1. The van der Waals surface area contributed by atoms with Crippen molar-refractivity contribution in [2.45, 2.75) is 44.7 Å². The molecular formula is C15H22N4O3. The second-order valence-electron chi connectivity index (χ2n) is 5.43. The maximum atomic E-state index is 10.8. The molecule has 0 aliphatic heterocycles. The van der Waals surface area contributed by atoms with Crippen LogP contribution in [-0.4, -0.2) is 24.0 Å². The number of nitro groups is 1. The Labute approximate surface area is 129 Å². The number of rotatable bonds is 5. The van der Waals surface area contributed by atoms with Gasteiger partial charge in [0.1, 0.15) is 5.75 Å². The molecule has 0 spiro atoms. The Kier molecular flexibility index (Phi) is 5.57. The number of nitrogens with two attached hydrogens (primary N) is 1. The van der Waals surface area contributed by atoms with E-state index in [1.54, 1.807) is 6.07 Å². The number of hydrogen-bond acceptors (Lipinski definition) is 4. The SMILES string of the molecule is COc1ccc([N+](=O)[O-])cc1CN=C(N)NC1CCCCC1. The Morgan fingerprint density at radius 3 is 2.82 bits per heavy atom. The molecule has 0 radical (unpaired) electrons. The van der Waals surface area contributed by atoms with Gasteiger partial charge in [0.25, 0.3) is 5.69 Å². The van der Waals surface area contributed by atoms with E-state index in [-0.39, 0.29) is 12.2 Å². The first-order chi connectivity index (χ1) is 10.6. The molecule has 1 fully saturated rings. The fourth-order valence-corrected chi connectivity index (χ4v) is 2.67. The summed E-state index contributed by atoms with van der Waals surface area (Å²) in [6.45, 7) is 0.246. The van der Waals surface area contributed by atoms with E-state index >= 15 is 0 Å². The van der Waals surface area contributed by atoms with Crippen LogP contribution >= 0.6 is 0 Å². The maximum absolute atomic E-state index is 10.8. The molecule has 7 heteroatoms. The number of benzene rings is 1. The molecule has 2 rings (SSSR count). The Morgan fingerprint density at radius 1 is 1.45 bits per heavy atom. The number of nitrogens with zero attached hydrogens (tertiary/aromatic N) is 2. The van der Waals surface area contributed by atoms with Crippen molar-refractivity contribution in [2.24, 2.45) is 10.7 Å². The summed E-state index contributed by atoms with van der Waals surface area (Å²) in [4.78, 5) is 14.7. The number of nitrogens with one attached hydrogen (secondary N) is 1. The average molecular weight is 306 g/mol. The van der Waals surface area contributed by atoms with Crippen LogP contribution in [0.3, 0.4) is 0 Å². The van der Waals surface area contributed by atoms with E-state index in [1.165, 1.54) is 38.5 Å². The van der Waals surface area contributed by atoms with Crippen LogP contribution in [0.15, 0.2) is 23.2 Å². The monoisotopic (exact) mass is 306 g/mol. The molecule has 22 heavy (non-hydrogen) atoms. The summed E-state index contributed by atoms with van der Waals surface area (Å²) in [6.07, 6.45) is 5.92. The van der Waals surface area contributed by atoms with E-state index < -0.39 is 4.92 Å². The van der Waals surface area contributed by atoms with Crippen molar-refractivity contribution >= 4 is 11.6 Å². The minimum absolute atomic E-state index is 0.0183. The Balaban J connectivity index is 2.03. The van der Waals surface area contributed by atoms with Gasteiger partial charge in [0.15, 0.2) is 5.96 Å². The predicted octanol–water partition coefficient (Wildman–Crippen LogP) is 2.34. The molecular weight excluding hydrogens is 284 g/mol. The highest BCUT2D eigenvalue weighted by molar-refractivity contribution is 5.78. The zero-order chi connectivity index (χ0) is 15.9. The van der Waals surface area contributed by atoms with Gasteiger partial charge < -0.3 is 15.8 Å². The van der Waals surface area contributed by atoms with Gasteiger partial charge in [-0.3, -0.25) is 10.1 Å². The third-order valence-corrected chi connectivity index (χ3v) is 3.85. The number of aliphatic imine (C=N–C) groups is 1. The fraction of sp³-hybridized carbons (Fsp3) is 0.533. The van der Waals surface area contributed by atoms with E-state index in [0.717, 1.165) is 12.8 Å². The normalized spacial score (nSPS) is 16.3. The molecule has 1 aromatic carbocycles. The third-order valence-electron chi connectivity index (χ3n) is 3.85. The van der Waals surface area contributed by atoms with E-state index in [2.05, 4.69) is 10.3 Å². The van der Waals surface area contributed by atoms with Crippen LogP contribution in [0.5, 0.6) is 5.75 Å². The van der Waals surface area contributed by atoms with Crippen LogP contribution < -0.4 is 15.8 Å². The Hall–Kier alpha value is -2.31. The van der Waals surface area contributed by atoms with E-state index in [0.29, 0.717) is 23.3 Å². The molecule has 1 aliphatic rings. The van der Waals surface area contributed by atoms with Crippen LogP contribution in [0, 0.1) is 10.1 Å². The van der Waals surface area contributed by atoms with Gasteiger partial charge in [-0.1, -0.05) is 19.3 Å². The second kappa shape index (κ2) is 7.63. The molecule has 120 valence electrons. The first-order valence-corrected chi connectivity index (χ1v) is 7.48. The Morgan fingerprint density at radius 2 is 2.18 bits per heavy atom. The van der Waals surface area contributed by atoms with Gasteiger partial charge in [-0.2, -0.15) is 0 Å². The molecule has 1 aliphatic carbocycles. The van der Waals surface area contributed by atoms with Crippen molar-refractivity contribution in [3.63, 3.8) is 0 Å². The van der Waals surface area contributed by atoms with Crippen LogP contribution in [0.25, 0.3) is 0 Å². The average Bonchev–Trinajstić information content (AvgIpc) is 2.53. The summed E-state index contributed by atoms with van der Waals surface area (Å²) in [5.41, 5.74) is 6.57. The quantitative estimate of drug-likeness (QED) is 0.376. The lowest BCUT2D eigenvalue weighted by atomic mass is 9.96. The van der Waals surface area contributed by atoms with E-state index in [4.69, 9.17) is 10.5 Å². The number of guanidine groups is 1. The van der Waals surface area contributed by atoms with Crippen molar-refractivity contribution in [3.8, 4) is 5.75 Å². The van der Waals surface area contributed by atoms with Crippen LogP contribution in [-0.2, 0) is 6.54 Å². The molecule has 0 atom stereocenters. The molecule has 1 saturated carbocycles. The largest absolute Gasteiger partial charge is 0.496 e. The lowest BCUT2D eigenvalue weighted by Gasteiger charge is -2.23. The van der Waals surface area contributed by atoms with Crippen molar-refractivity contribution in [1.82, 2.24) is 5.32 Å². The zero-order valence-electron chi connectivity index (χ0n) is 12.7. The lowest BCUT2D eigenvalue weighted by Crippen LogP contribution is -2.41. The van der Waals surface area contributed by atoms with Gasteiger partial charge in [-0.25, -0.2) is 4.99 Å². The van der Waals surface area contributed by atoms with Gasteiger partial charge in [-0.15, -0.1) is 0 Å². The first kappa shape index (κ1) is 16.1. The molecule has 0 heterocycles. The van der Waals surface area contributed by atoms with Gasteiger partial charge >= 0.3 is 0 Å². The number of nitro benzene ring substituents is 1. The minimum Gasteiger partial charge on any atom is -0.496 e. The minimum atomic E-state index is -0.434. The van der Waals surface area contributed by atoms with Crippen molar-refractivity contribution in [2.75, 3.05) is 7.11 Å². The van der Waals surface area contributed by atoms with Gasteiger partial charge in [0, 0.05) is 23.7 Å². The van der Waals surface area contributed by atoms with Crippen molar-refractivity contribution in [3.05, 3.63) is 33.9 Å². The third kappa shape index (κ3) is 4.34. The van der Waals surface area contributed by atoms with Crippen LogP contribution in [0.2, 0.25) is 0 Å². The standard InChI is InChI=1S/C15H22N4O3/c1-22-14-8-7-13(19(20)21)9-11(14)10-17-15(16)18-12-5-3-2-4-6-12/h7-9,12H,2-6,10H2,1H3,(H3,16,17,18). The van der Waals surface area contributed by atoms with Gasteiger partial charge in [-0.05, 0) is 18.9 Å². The van der Waals surface area contributed by atoms with E-state index in [9.17, 15) is 10.1 Å². The summed E-state index contributed by atoms with van der Waals surface area (Å²) >= 11 is 0. The predicted molar refractivity (Wildman–Crippen MR) is 85.0 cm³/mol. The fourth-order valence-electron chi connectivity index (χ4n) is 2.67. The molecule has 0 bridgehead atoms. The Bertz CT molecular complexity index is 554. The summed E-state index contributed by atoms with van der Waals surface area (Å²) in [6, 6.07) is 4.84. The molecule has 1 aromatic rings. The number of ether oxygens (including phenoxy) is 1. The van der Waals surface area contributed by atoms with Gasteiger partial charge in [0.05, 0.1) is 18.6 Å². The highest BCUT2D eigenvalue weighted by Crippen LogP contribution is 2.24. The highest BCUT2D eigenvalue weighted by Gasteiger charge is 2.14. The first-order valence-electron chi connectivity index (χ1n) is 7.48. The highest BCUT2D eigenvalue weighted by atomic mass is 16.6. The summed E-state index contributed by atoms with van der Waals surface area (Å²) < 4.78 is 5.21. The molecule has 0 aromatic heterocycles. The molecule has 0 unspecified atom stereocenters. The lowest BCUT2D eigenvalue weighted by molar-refractivity contribution is -0.384. The van der Waals surface area contributed by atoms with Crippen molar-refractivity contribution < 1.29 is 9.66 Å². The zero-order valence-corrected chi connectivity index (χ0v) is 12.7. The molecule has 0 saturated heterocycles. The molecule has 3 N–H and O–H groups in total. The molecule has 0 amide bonds. The van der Waals surface area contributed by atoms with E-state index in [1.807, 2.05) is 0 Å². The van der Waals surface area contributed by atoms with Crippen LogP contribution in [0.1, 0.15) is 37.7 Å². The topological polar surface area (TPSA) is 103 Å². The summed E-state index contributed by atoms with van der Waals surface area (Å²) in [7, 11) is 1.53.